The highest BCUT2D eigenvalue weighted by molar-refractivity contribution is 14.1. The first kappa shape index (κ1) is 13.6. The van der Waals surface area contributed by atoms with Crippen molar-refractivity contribution >= 4 is 28.6 Å². The highest BCUT2D eigenvalue weighted by atomic mass is 127. The molecule has 0 aliphatic heterocycles. The Kier molecular flexibility index (Phi) is 4.53. The van der Waals surface area contributed by atoms with Crippen LogP contribution in [0.4, 0.5) is 0 Å². The molecule has 2 aromatic rings. The molecule has 0 aromatic heterocycles. The summed E-state index contributed by atoms with van der Waals surface area (Å²) < 4.78 is 6.19. The number of rotatable bonds is 3. The Hall–Kier alpha value is -1.87. The van der Waals surface area contributed by atoms with Crippen molar-refractivity contribution in [2.45, 2.75) is 6.61 Å². The van der Waals surface area contributed by atoms with Gasteiger partial charge >= 0.3 is 5.97 Å². The lowest BCUT2D eigenvalue weighted by Crippen LogP contribution is -2.06. The van der Waals surface area contributed by atoms with Crippen LogP contribution < -0.4 is 0 Å². The molecule has 0 radical (unpaired) electrons. The van der Waals surface area contributed by atoms with Crippen molar-refractivity contribution < 1.29 is 9.53 Å². The lowest BCUT2D eigenvalue weighted by molar-refractivity contribution is 0.0472. The summed E-state index contributed by atoms with van der Waals surface area (Å²) in [6.07, 6.45) is 0. The lowest BCUT2D eigenvalue weighted by atomic mass is 10.1. The Morgan fingerprint density at radius 3 is 2.74 bits per heavy atom. The Morgan fingerprint density at radius 1 is 1.21 bits per heavy atom. The predicted octanol–water partition coefficient (Wildman–Crippen LogP) is 3.52. The van der Waals surface area contributed by atoms with Gasteiger partial charge in [0.2, 0.25) is 0 Å². The van der Waals surface area contributed by atoms with E-state index in [1.807, 2.05) is 18.2 Å². The van der Waals surface area contributed by atoms with Crippen molar-refractivity contribution in [3.05, 3.63) is 68.8 Å². The Morgan fingerprint density at radius 2 is 2.00 bits per heavy atom. The van der Waals surface area contributed by atoms with Crippen LogP contribution in [0.3, 0.4) is 0 Å². The van der Waals surface area contributed by atoms with E-state index in [0.717, 1.165) is 3.57 Å². The quantitative estimate of drug-likeness (QED) is 0.619. The normalized spacial score (nSPS) is 9.68. The smallest absolute Gasteiger partial charge is 0.338 e. The minimum atomic E-state index is -0.383. The van der Waals surface area contributed by atoms with E-state index in [0.29, 0.717) is 16.7 Å². The fraction of sp³-hybridized carbons (Fsp3) is 0.0667. The first-order valence-electron chi connectivity index (χ1n) is 5.61. The second-order valence-corrected chi connectivity index (χ2v) is 5.10. The molecule has 0 atom stereocenters. The molecule has 0 N–H and O–H groups in total. The van der Waals surface area contributed by atoms with Gasteiger partial charge in [0.15, 0.2) is 0 Å². The van der Waals surface area contributed by atoms with E-state index in [9.17, 15) is 4.79 Å². The number of benzene rings is 2. The number of esters is 1. The maximum Gasteiger partial charge on any atom is 0.338 e. The number of carbonyl (C=O) groups is 1. The molecule has 0 saturated heterocycles. The van der Waals surface area contributed by atoms with Crippen LogP contribution in [0.1, 0.15) is 21.5 Å². The lowest BCUT2D eigenvalue weighted by Gasteiger charge is -2.06. The third-order valence-corrected chi connectivity index (χ3v) is 3.23. The van der Waals surface area contributed by atoms with Crippen LogP contribution in [0, 0.1) is 14.9 Å². The zero-order valence-corrected chi connectivity index (χ0v) is 12.1. The van der Waals surface area contributed by atoms with E-state index in [1.54, 1.807) is 30.3 Å². The average Bonchev–Trinajstić information content (AvgIpc) is 2.45. The summed E-state index contributed by atoms with van der Waals surface area (Å²) in [6, 6.07) is 16.3. The topological polar surface area (TPSA) is 50.1 Å². The fourth-order valence-electron chi connectivity index (χ4n) is 1.60. The molecule has 0 amide bonds. The SMILES string of the molecule is N#Cc1ccccc1COC(=O)c1cccc(I)c1. The number of nitriles is 1. The third kappa shape index (κ3) is 3.55. The summed E-state index contributed by atoms with van der Waals surface area (Å²) in [5, 5.41) is 8.95. The Labute approximate surface area is 125 Å². The highest BCUT2D eigenvalue weighted by Gasteiger charge is 2.09. The van der Waals surface area contributed by atoms with Gasteiger partial charge in [0.25, 0.3) is 0 Å². The summed E-state index contributed by atoms with van der Waals surface area (Å²) in [5.41, 5.74) is 1.75. The standard InChI is InChI=1S/C15H10INO2/c16-14-7-3-6-11(8-14)15(18)19-10-13-5-2-1-4-12(13)9-17/h1-8H,10H2. The van der Waals surface area contributed by atoms with Crippen LogP contribution in [0.25, 0.3) is 0 Å². The summed E-state index contributed by atoms with van der Waals surface area (Å²) in [6.45, 7) is 0.105. The predicted molar refractivity (Wildman–Crippen MR) is 79.4 cm³/mol. The van der Waals surface area contributed by atoms with Crippen LogP contribution in [-0.2, 0) is 11.3 Å². The number of ether oxygens (including phenoxy) is 1. The molecule has 94 valence electrons. The molecule has 0 spiro atoms. The average molecular weight is 363 g/mol. The molecule has 0 aliphatic carbocycles. The van der Waals surface area contributed by atoms with E-state index in [4.69, 9.17) is 10.00 Å². The molecule has 3 nitrogen and oxygen atoms in total. The molecule has 19 heavy (non-hydrogen) atoms. The van der Waals surface area contributed by atoms with Gasteiger partial charge in [0.05, 0.1) is 17.2 Å². The first-order chi connectivity index (χ1) is 9.20. The zero-order chi connectivity index (χ0) is 13.7. The molecule has 4 heteroatoms. The second kappa shape index (κ2) is 6.34. The first-order valence-corrected chi connectivity index (χ1v) is 6.69. The van der Waals surface area contributed by atoms with Gasteiger partial charge in [-0.25, -0.2) is 4.79 Å². The van der Waals surface area contributed by atoms with Crippen molar-refractivity contribution in [2.24, 2.45) is 0 Å². The summed E-state index contributed by atoms with van der Waals surface area (Å²) in [5.74, 6) is -0.383. The summed E-state index contributed by atoms with van der Waals surface area (Å²) in [4.78, 5) is 11.9. The van der Waals surface area contributed by atoms with E-state index < -0.39 is 0 Å². The molecular formula is C15H10INO2. The molecule has 2 aromatic carbocycles. The number of hydrogen-bond acceptors (Lipinski definition) is 3. The van der Waals surface area contributed by atoms with Crippen molar-refractivity contribution in [3.63, 3.8) is 0 Å². The van der Waals surface area contributed by atoms with Gasteiger partial charge in [-0.2, -0.15) is 5.26 Å². The van der Waals surface area contributed by atoms with Crippen molar-refractivity contribution in [3.8, 4) is 6.07 Å². The molecule has 0 saturated carbocycles. The van der Waals surface area contributed by atoms with E-state index in [2.05, 4.69) is 28.7 Å². The van der Waals surface area contributed by atoms with Gasteiger partial charge in [-0.15, -0.1) is 0 Å². The minimum Gasteiger partial charge on any atom is -0.457 e. The summed E-state index contributed by atoms with van der Waals surface area (Å²) >= 11 is 2.14. The Bertz CT molecular complexity index is 647. The molecular weight excluding hydrogens is 353 g/mol. The van der Waals surface area contributed by atoms with Crippen LogP contribution in [0.5, 0.6) is 0 Å². The maximum absolute atomic E-state index is 11.9. The van der Waals surface area contributed by atoms with E-state index in [-0.39, 0.29) is 12.6 Å². The molecule has 0 heterocycles. The van der Waals surface area contributed by atoms with E-state index in [1.165, 1.54) is 0 Å². The van der Waals surface area contributed by atoms with Gasteiger partial charge in [-0.3, -0.25) is 0 Å². The molecule has 0 unspecified atom stereocenters. The Balaban J connectivity index is 2.07. The van der Waals surface area contributed by atoms with Crippen molar-refractivity contribution in [2.75, 3.05) is 0 Å². The third-order valence-electron chi connectivity index (χ3n) is 2.56. The van der Waals surface area contributed by atoms with Crippen molar-refractivity contribution in [1.82, 2.24) is 0 Å². The number of halogens is 1. The van der Waals surface area contributed by atoms with Crippen molar-refractivity contribution in [1.29, 1.82) is 5.26 Å². The van der Waals surface area contributed by atoms with Gasteiger partial charge in [-0.1, -0.05) is 24.3 Å². The molecule has 2 rings (SSSR count). The fourth-order valence-corrected chi connectivity index (χ4v) is 2.14. The van der Waals surface area contributed by atoms with E-state index >= 15 is 0 Å². The summed E-state index contributed by atoms with van der Waals surface area (Å²) in [7, 11) is 0. The highest BCUT2D eigenvalue weighted by Crippen LogP contribution is 2.12. The van der Waals surface area contributed by atoms with Crippen LogP contribution in [0.15, 0.2) is 48.5 Å². The van der Waals surface area contributed by atoms with Crippen LogP contribution in [-0.4, -0.2) is 5.97 Å². The van der Waals surface area contributed by atoms with Gasteiger partial charge < -0.3 is 4.74 Å². The minimum absolute atomic E-state index is 0.105. The van der Waals surface area contributed by atoms with Gasteiger partial charge in [-0.05, 0) is 46.9 Å². The maximum atomic E-state index is 11.9. The number of hydrogen-bond donors (Lipinski definition) is 0. The largest absolute Gasteiger partial charge is 0.457 e. The van der Waals surface area contributed by atoms with Gasteiger partial charge in [0, 0.05) is 9.13 Å². The van der Waals surface area contributed by atoms with Crippen LogP contribution >= 0.6 is 22.6 Å². The second-order valence-electron chi connectivity index (χ2n) is 3.86. The monoisotopic (exact) mass is 363 g/mol. The molecule has 0 aliphatic rings. The number of nitrogens with zero attached hydrogens (tertiary/aromatic N) is 1. The molecule has 0 fully saturated rings. The van der Waals surface area contributed by atoms with Crippen LogP contribution in [0.2, 0.25) is 0 Å². The number of carbonyl (C=O) groups excluding carboxylic acids is 1. The van der Waals surface area contributed by atoms with Gasteiger partial charge in [0.1, 0.15) is 6.61 Å². The molecule has 0 bridgehead atoms. The zero-order valence-electron chi connectivity index (χ0n) is 9.97.